The quantitative estimate of drug-likeness (QED) is 0.233. The topological polar surface area (TPSA) is 66.3 Å². The van der Waals surface area contributed by atoms with Crippen molar-refractivity contribution in [2.24, 2.45) is 0 Å². The summed E-state index contributed by atoms with van der Waals surface area (Å²) in [5.41, 5.74) is 3.30. The molecule has 204 valence electrons. The minimum absolute atomic E-state index is 0.0686. The van der Waals surface area contributed by atoms with Crippen LogP contribution in [0, 0.1) is 5.82 Å². The standard InChI is InChI=1S/C21H18F4N2.C10H7NO2/c22-16-10-8-14(9-11-16)20-18(13-15-5-1-2-6-17(15)26-20)27-12-4-3-7-19(27)21(23,24)25;12-10(13)8-3-4-9-7(6-8)2-1-5-11-9/h1-2,5-6,8-11,13,19H,3-4,7,12H2;1-6H,(H,12,13)/t19-;/m1./s1. The van der Waals surface area contributed by atoms with E-state index in [1.165, 1.54) is 17.0 Å². The van der Waals surface area contributed by atoms with Gasteiger partial charge in [0.15, 0.2) is 0 Å². The van der Waals surface area contributed by atoms with Gasteiger partial charge in [-0.3, -0.25) is 4.98 Å². The molecular formula is C31H25F4N3O2. The third-order valence-corrected chi connectivity index (χ3v) is 6.86. The number of halogens is 4. The molecule has 40 heavy (non-hydrogen) atoms. The van der Waals surface area contributed by atoms with Crippen molar-refractivity contribution in [1.29, 1.82) is 0 Å². The molecule has 0 aliphatic carbocycles. The number of rotatable bonds is 3. The summed E-state index contributed by atoms with van der Waals surface area (Å²) in [5, 5.41) is 10.4. The van der Waals surface area contributed by atoms with Crippen LogP contribution in [0.4, 0.5) is 23.2 Å². The van der Waals surface area contributed by atoms with Crippen LogP contribution in [0.25, 0.3) is 33.1 Å². The van der Waals surface area contributed by atoms with E-state index in [2.05, 4.69) is 9.97 Å². The van der Waals surface area contributed by atoms with Gasteiger partial charge in [0.1, 0.15) is 11.9 Å². The Kier molecular flexibility index (Phi) is 7.64. The molecule has 3 heterocycles. The van der Waals surface area contributed by atoms with E-state index in [9.17, 15) is 22.4 Å². The zero-order valence-electron chi connectivity index (χ0n) is 21.3. The number of benzene rings is 3. The van der Waals surface area contributed by atoms with Crippen LogP contribution < -0.4 is 4.90 Å². The molecule has 1 aliphatic heterocycles. The van der Waals surface area contributed by atoms with Crippen LogP contribution in [0.3, 0.4) is 0 Å². The lowest BCUT2D eigenvalue weighted by atomic mass is 9.98. The van der Waals surface area contributed by atoms with Crippen LogP contribution in [-0.2, 0) is 0 Å². The zero-order chi connectivity index (χ0) is 28.3. The molecular weight excluding hydrogens is 522 g/mol. The molecule has 1 aliphatic rings. The number of aromatic nitrogens is 2. The normalized spacial score (nSPS) is 15.5. The summed E-state index contributed by atoms with van der Waals surface area (Å²) >= 11 is 0. The lowest BCUT2D eigenvalue weighted by molar-refractivity contribution is -0.152. The average molecular weight is 548 g/mol. The van der Waals surface area contributed by atoms with Crippen molar-refractivity contribution in [2.75, 3.05) is 11.4 Å². The highest BCUT2D eigenvalue weighted by Crippen LogP contribution is 2.40. The largest absolute Gasteiger partial charge is 0.478 e. The lowest BCUT2D eigenvalue weighted by Gasteiger charge is -2.39. The minimum atomic E-state index is -4.31. The Morgan fingerprint density at radius 3 is 2.35 bits per heavy atom. The summed E-state index contributed by atoms with van der Waals surface area (Å²) in [6, 6.07) is 21.8. The van der Waals surface area contributed by atoms with E-state index in [1.54, 1.807) is 48.7 Å². The Morgan fingerprint density at radius 2 is 1.60 bits per heavy atom. The molecule has 5 aromatic rings. The molecule has 6 rings (SSSR count). The van der Waals surface area contributed by atoms with E-state index >= 15 is 0 Å². The third-order valence-electron chi connectivity index (χ3n) is 6.86. The average Bonchev–Trinajstić information content (AvgIpc) is 2.96. The second kappa shape index (κ2) is 11.3. The van der Waals surface area contributed by atoms with Gasteiger partial charge in [-0.1, -0.05) is 24.3 Å². The number of piperidine rings is 1. The molecule has 9 heteroatoms. The van der Waals surface area contributed by atoms with Crippen LogP contribution in [0.1, 0.15) is 29.6 Å². The number of alkyl halides is 3. The van der Waals surface area contributed by atoms with Gasteiger partial charge in [0.05, 0.1) is 28.0 Å². The SMILES string of the molecule is Fc1ccc(-c2nc3ccccc3cc2N2CCCC[C@@H]2C(F)(F)F)cc1.O=C(O)c1ccc2ncccc2c1. The molecule has 1 atom stereocenters. The van der Waals surface area contributed by atoms with E-state index in [0.29, 0.717) is 47.4 Å². The monoisotopic (exact) mass is 547 g/mol. The predicted molar refractivity (Wildman–Crippen MR) is 147 cm³/mol. The van der Waals surface area contributed by atoms with Crippen LogP contribution >= 0.6 is 0 Å². The Hall–Kier alpha value is -4.53. The van der Waals surface area contributed by atoms with Gasteiger partial charge < -0.3 is 10.0 Å². The van der Waals surface area contributed by atoms with Crippen molar-refractivity contribution in [3.8, 4) is 11.3 Å². The Balaban J connectivity index is 0.000000207. The molecule has 1 fully saturated rings. The molecule has 0 saturated carbocycles. The van der Waals surface area contributed by atoms with Crippen LogP contribution in [-0.4, -0.2) is 39.8 Å². The third kappa shape index (κ3) is 5.88. The molecule has 0 radical (unpaired) electrons. The fraction of sp³-hybridized carbons (Fsp3) is 0.194. The number of carboxylic acids is 1. The Bertz CT molecular complexity index is 1660. The number of fused-ring (bicyclic) bond motifs is 2. The fourth-order valence-corrected chi connectivity index (χ4v) is 4.91. The smallest absolute Gasteiger partial charge is 0.408 e. The number of para-hydroxylation sites is 1. The van der Waals surface area contributed by atoms with Gasteiger partial charge in [0, 0.05) is 29.1 Å². The highest BCUT2D eigenvalue weighted by molar-refractivity contribution is 5.93. The summed E-state index contributed by atoms with van der Waals surface area (Å²) in [6.07, 6.45) is -1.32. The first-order valence-electron chi connectivity index (χ1n) is 12.8. The maximum absolute atomic E-state index is 13.7. The van der Waals surface area contributed by atoms with Gasteiger partial charge in [0.2, 0.25) is 0 Å². The van der Waals surface area contributed by atoms with E-state index in [1.807, 2.05) is 30.3 Å². The number of anilines is 1. The number of carbonyl (C=O) groups is 1. The first kappa shape index (κ1) is 27.1. The summed E-state index contributed by atoms with van der Waals surface area (Å²) in [6.45, 7) is 0.318. The maximum Gasteiger partial charge on any atom is 0.408 e. The van der Waals surface area contributed by atoms with Crippen LogP contribution in [0.5, 0.6) is 0 Å². The summed E-state index contributed by atoms with van der Waals surface area (Å²) in [5.74, 6) is -1.31. The number of pyridine rings is 2. The Labute approximate surface area is 227 Å². The van der Waals surface area contributed by atoms with Gasteiger partial charge in [0.25, 0.3) is 0 Å². The number of carboxylic acid groups (broad SMARTS) is 1. The molecule has 1 saturated heterocycles. The minimum Gasteiger partial charge on any atom is -0.478 e. The number of nitrogens with zero attached hydrogens (tertiary/aromatic N) is 3. The van der Waals surface area contributed by atoms with Crippen molar-refractivity contribution >= 4 is 33.5 Å². The summed E-state index contributed by atoms with van der Waals surface area (Å²) < 4.78 is 54.3. The molecule has 0 amide bonds. The van der Waals surface area contributed by atoms with Gasteiger partial charge in [-0.2, -0.15) is 13.2 Å². The lowest BCUT2D eigenvalue weighted by Crippen LogP contribution is -2.49. The highest BCUT2D eigenvalue weighted by atomic mass is 19.4. The number of hydrogen-bond donors (Lipinski definition) is 1. The number of hydrogen-bond acceptors (Lipinski definition) is 4. The van der Waals surface area contributed by atoms with Gasteiger partial charge in [-0.25, -0.2) is 14.2 Å². The van der Waals surface area contributed by atoms with Crippen molar-refractivity contribution in [3.05, 3.63) is 103 Å². The highest BCUT2D eigenvalue weighted by Gasteiger charge is 2.45. The first-order chi connectivity index (χ1) is 19.2. The summed E-state index contributed by atoms with van der Waals surface area (Å²) in [4.78, 5) is 20.8. The van der Waals surface area contributed by atoms with Crippen molar-refractivity contribution < 1.29 is 27.5 Å². The van der Waals surface area contributed by atoms with E-state index in [0.717, 1.165) is 16.3 Å². The van der Waals surface area contributed by atoms with Crippen LogP contribution in [0.2, 0.25) is 0 Å². The van der Waals surface area contributed by atoms with Crippen molar-refractivity contribution in [1.82, 2.24) is 9.97 Å². The first-order valence-corrected chi connectivity index (χ1v) is 12.8. The second-order valence-corrected chi connectivity index (χ2v) is 9.52. The predicted octanol–water partition coefficient (Wildman–Crippen LogP) is 7.90. The van der Waals surface area contributed by atoms with Crippen molar-refractivity contribution in [3.63, 3.8) is 0 Å². The maximum atomic E-state index is 13.7. The van der Waals surface area contributed by atoms with Gasteiger partial charge >= 0.3 is 12.1 Å². The van der Waals surface area contributed by atoms with E-state index < -0.39 is 24.0 Å². The van der Waals surface area contributed by atoms with Crippen molar-refractivity contribution in [2.45, 2.75) is 31.5 Å². The zero-order valence-corrected chi connectivity index (χ0v) is 21.3. The molecule has 1 N–H and O–H groups in total. The summed E-state index contributed by atoms with van der Waals surface area (Å²) in [7, 11) is 0. The second-order valence-electron chi connectivity index (χ2n) is 9.52. The molecule has 0 unspecified atom stereocenters. The molecule has 5 nitrogen and oxygen atoms in total. The number of aromatic carboxylic acids is 1. The van der Waals surface area contributed by atoms with Gasteiger partial charge in [-0.05, 0) is 79.9 Å². The molecule has 0 bridgehead atoms. The molecule has 2 aromatic heterocycles. The van der Waals surface area contributed by atoms with Gasteiger partial charge in [-0.15, -0.1) is 0 Å². The van der Waals surface area contributed by atoms with E-state index in [-0.39, 0.29) is 6.42 Å². The molecule has 3 aromatic carbocycles. The molecule has 0 spiro atoms. The van der Waals surface area contributed by atoms with E-state index in [4.69, 9.17) is 5.11 Å². The van der Waals surface area contributed by atoms with Crippen LogP contribution in [0.15, 0.2) is 91.1 Å². The fourth-order valence-electron chi connectivity index (χ4n) is 4.91. The Morgan fingerprint density at radius 1 is 0.875 bits per heavy atom.